The zero-order chi connectivity index (χ0) is 13.3. The van der Waals surface area contributed by atoms with Crippen molar-refractivity contribution in [1.82, 2.24) is 9.78 Å². The fourth-order valence-electron chi connectivity index (χ4n) is 1.74. The second-order valence-electron chi connectivity index (χ2n) is 4.32. The summed E-state index contributed by atoms with van der Waals surface area (Å²) < 4.78 is 8.44. The highest BCUT2D eigenvalue weighted by Gasteiger charge is 2.08. The highest BCUT2D eigenvalue weighted by molar-refractivity contribution is 9.10. The second-order valence-corrected chi connectivity index (χ2v) is 5.18. The number of benzene rings is 1. The van der Waals surface area contributed by atoms with Gasteiger partial charge < -0.3 is 10.5 Å². The number of aryl methyl sites for hydroxylation is 2. The summed E-state index contributed by atoms with van der Waals surface area (Å²) in [5.74, 6) is 1.47. The van der Waals surface area contributed by atoms with E-state index in [2.05, 4.69) is 21.0 Å². The smallest absolute Gasteiger partial charge is 0.217 e. The fourth-order valence-corrected chi connectivity index (χ4v) is 2.46. The Hall–Kier alpha value is -1.33. The van der Waals surface area contributed by atoms with Gasteiger partial charge in [0.05, 0.1) is 5.69 Å². The van der Waals surface area contributed by atoms with Gasteiger partial charge in [0.1, 0.15) is 5.75 Å². The molecule has 5 heteroatoms. The Labute approximate surface area is 115 Å². The van der Waals surface area contributed by atoms with Gasteiger partial charge in [-0.05, 0) is 31.5 Å². The van der Waals surface area contributed by atoms with Gasteiger partial charge in [-0.15, -0.1) is 0 Å². The molecule has 1 unspecified atom stereocenters. The average molecular weight is 310 g/mol. The first-order valence-electron chi connectivity index (χ1n) is 5.71. The van der Waals surface area contributed by atoms with Crippen molar-refractivity contribution in [2.24, 2.45) is 12.8 Å². The van der Waals surface area contributed by atoms with Gasteiger partial charge in [0.25, 0.3) is 0 Å². The van der Waals surface area contributed by atoms with Crippen molar-refractivity contribution < 1.29 is 4.74 Å². The molecule has 2 aromatic rings. The molecule has 1 aromatic carbocycles. The highest BCUT2D eigenvalue weighted by atomic mass is 79.9. The van der Waals surface area contributed by atoms with Gasteiger partial charge in [-0.25, -0.2) is 4.68 Å². The maximum absolute atomic E-state index is 5.86. The van der Waals surface area contributed by atoms with Crippen LogP contribution in [-0.4, -0.2) is 9.78 Å². The number of nitrogens with zero attached hydrogens (tertiary/aromatic N) is 2. The number of halogens is 1. The van der Waals surface area contributed by atoms with E-state index < -0.39 is 0 Å². The van der Waals surface area contributed by atoms with Crippen LogP contribution in [0.5, 0.6) is 11.6 Å². The normalized spacial score (nSPS) is 12.5. The lowest BCUT2D eigenvalue weighted by molar-refractivity contribution is 0.430. The van der Waals surface area contributed by atoms with Crippen LogP contribution in [0.3, 0.4) is 0 Å². The molecule has 0 fully saturated rings. The molecule has 2 rings (SSSR count). The summed E-state index contributed by atoms with van der Waals surface area (Å²) in [4.78, 5) is 0. The van der Waals surface area contributed by atoms with Crippen LogP contribution in [0.2, 0.25) is 0 Å². The van der Waals surface area contributed by atoms with Gasteiger partial charge in [0.2, 0.25) is 5.88 Å². The number of hydrogen-bond donors (Lipinski definition) is 1. The molecular formula is C13H16BrN3O. The summed E-state index contributed by atoms with van der Waals surface area (Å²) in [6.07, 6.45) is 0. The van der Waals surface area contributed by atoms with Crippen molar-refractivity contribution in [1.29, 1.82) is 0 Å². The lowest BCUT2D eigenvalue weighted by Crippen LogP contribution is -2.05. The van der Waals surface area contributed by atoms with Gasteiger partial charge in [-0.3, -0.25) is 0 Å². The van der Waals surface area contributed by atoms with E-state index in [9.17, 15) is 0 Å². The summed E-state index contributed by atoms with van der Waals surface area (Å²) in [5, 5.41) is 4.24. The zero-order valence-corrected chi connectivity index (χ0v) is 12.2. The number of rotatable bonds is 3. The molecule has 0 amide bonds. The van der Waals surface area contributed by atoms with Gasteiger partial charge in [-0.2, -0.15) is 5.10 Å². The standard InChI is InChI=1S/C13H16BrN3O/c1-8-6-13(17(3)16-8)18-10-4-5-11(9(2)15)12(14)7-10/h4-7,9H,15H2,1-3H3. The van der Waals surface area contributed by atoms with Crippen molar-refractivity contribution in [3.05, 3.63) is 40.0 Å². The molecular weight excluding hydrogens is 294 g/mol. The quantitative estimate of drug-likeness (QED) is 0.946. The number of hydrogen-bond acceptors (Lipinski definition) is 3. The van der Waals surface area contributed by atoms with E-state index in [0.717, 1.165) is 21.5 Å². The minimum absolute atomic E-state index is 0.00706. The van der Waals surface area contributed by atoms with E-state index in [-0.39, 0.29) is 6.04 Å². The Kier molecular flexibility index (Phi) is 3.73. The van der Waals surface area contributed by atoms with E-state index in [4.69, 9.17) is 10.5 Å². The number of ether oxygens (including phenoxy) is 1. The van der Waals surface area contributed by atoms with Crippen LogP contribution in [-0.2, 0) is 7.05 Å². The van der Waals surface area contributed by atoms with Crippen LogP contribution < -0.4 is 10.5 Å². The first kappa shape index (κ1) is 13.1. The summed E-state index contributed by atoms with van der Waals surface area (Å²) >= 11 is 3.50. The highest BCUT2D eigenvalue weighted by Crippen LogP contribution is 2.29. The topological polar surface area (TPSA) is 53.1 Å². The molecule has 2 N–H and O–H groups in total. The lowest BCUT2D eigenvalue weighted by Gasteiger charge is -2.11. The fraction of sp³-hybridized carbons (Fsp3) is 0.308. The van der Waals surface area contributed by atoms with Crippen molar-refractivity contribution in [2.45, 2.75) is 19.9 Å². The Balaban J connectivity index is 2.25. The third-order valence-corrected chi connectivity index (χ3v) is 3.33. The van der Waals surface area contributed by atoms with E-state index in [1.54, 1.807) is 4.68 Å². The second kappa shape index (κ2) is 5.12. The average Bonchev–Trinajstić information content (AvgIpc) is 2.57. The van der Waals surface area contributed by atoms with E-state index in [1.165, 1.54) is 0 Å². The zero-order valence-electron chi connectivity index (χ0n) is 10.6. The molecule has 96 valence electrons. The molecule has 0 aliphatic heterocycles. The summed E-state index contributed by atoms with van der Waals surface area (Å²) in [7, 11) is 1.85. The third-order valence-electron chi connectivity index (χ3n) is 2.64. The molecule has 0 saturated heterocycles. The molecule has 1 atom stereocenters. The Morgan fingerprint density at radius 2 is 2.11 bits per heavy atom. The maximum atomic E-state index is 5.86. The Morgan fingerprint density at radius 3 is 2.61 bits per heavy atom. The molecule has 4 nitrogen and oxygen atoms in total. The van der Waals surface area contributed by atoms with E-state index in [1.807, 2.05) is 45.2 Å². The van der Waals surface area contributed by atoms with Crippen LogP contribution in [0.4, 0.5) is 0 Å². The van der Waals surface area contributed by atoms with Gasteiger partial charge in [0.15, 0.2) is 0 Å². The van der Waals surface area contributed by atoms with Gasteiger partial charge >= 0.3 is 0 Å². The molecule has 0 spiro atoms. The van der Waals surface area contributed by atoms with Gasteiger partial charge in [-0.1, -0.05) is 22.0 Å². The Morgan fingerprint density at radius 1 is 1.39 bits per heavy atom. The predicted molar refractivity (Wildman–Crippen MR) is 74.8 cm³/mol. The maximum Gasteiger partial charge on any atom is 0.217 e. The SMILES string of the molecule is Cc1cc(Oc2ccc(C(C)N)c(Br)c2)n(C)n1. The van der Waals surface area contributed by atoms with Crippen LogP contribution >= 0.6 is 15.9 Å². The Bertz CT molecular complexity index is 563. The third kappa shape index (κ3) is 2.73. The minimum Gasteiger partial charge on any atom is -0.439 e. The summed E-state index contributed by atoms with van der Waals surface area (Å²) in [6, 6.07) is 7.68. The minimum atomic E-state index is -0.00706. The van der Waals surface area contributed by atoms with Gasteiger partial charge in [0, 0.05) is 23.6 Å². The molecule has 1 heterocycles. The van der Waals surface area contributed by atoms with E-state index >= 15 is 0 Å². The monoisotopic (exact) mass is 309 g/mol. The van der Waals surface area contributed by atoms with E-state index in [0.29, 0.717) is 5.88 Å². The molecule has 0 saturated carbocycles. The molecule has 1 aromatic heterocycles. The number of aromatic nitrogens is 2. The van der Waals surface area contributed by atoms with Crippen LogP contribution in [0.25, 0.3) is 0 Å². The summed E-state index contributed by atoms with van der Waals surface area (Å²) in [5.41, 5.74) is 7.85. The molecule has 0 aliphatic carbocycles. The van der Waals surface area contributed by atoms with Crippen molar-refractivity contribution in [3.63, 3.8) is 0 Å². The molecule has 0 radical (unpaired) electrons. The molecule has 0 aliphatic rings. The summed E-state index contributed by atoms with van der Waals surface area (Å²) in [6.45, 7) is 3.88. The lowest BCUT2D eigenvalue weighted by atomic mass is 10.1. The van der Waals surface area contributed by atoms with Crippen LogP contribution in [0, 0.1) is 6.92 Å². The molecule has 0 bridgehead atoms. The largest absolute Gasteiger partial charge is 0.439 e. The number of nitrogens with two attached hydrogens (primary N) is 1. The predicted octanol–water partition coefficient (Wildman–Crippen LogP) is 3.30. The first-order chi connectivity index (χ1) is 8.47. The first-order valence-corrected chi connectivity index (χ1v) is 6.50. The van der Waals surface area contributed by atoms with Crippen molar-refractivity contribution >= 4 is 15.9 Å². The molecule has 18 heavy (non-hydrogen) atoms. The van der Waals surface area contributed by atoms with Crippen molar-refractivity contribution in [3.8, 4) is 11.6 Å². The van der Waals surface area contributed by atoms with Crippen LogP contribution in [0.1, 0.15) is 24.2 Å². The van der Waals surface area contributed by atoms with Crippen molar-refractivity contribution in [2.75, 3.05) is 0 Å². The van der Waals surface area contributed by atoms with Crippen LogP contribution in [0.15, 0.2) is 28.7 Å².